The molecule has 1 heterocycles. The summed E-state index contributed by atoms with van der Waals surface area (Å²) in [6.45, 7) is 0.394. The van der Waals surface area contributed by atoms with E-state index in [2.05, 4.69) is 10.3 Å². The number of benzene rings is 2. The van der Waals surface area contributed by atoms with Gasteiger partial charge in [-0.3, -0.25) is 4.79 Å². The second kappa shape index (κ2) is 8.83. The van der Waals surface area contributed by atoms with Gasteiger partial charge in [-0.05, 0) is 41.5 Å². The molecule has 130 valence electrons. The number of nitrogens with zero attached hydrogens (tertiary/aromatic N) is 1. The smallest absolute Gasteiger partial charge is 0.244 e. The first-order valence-electron chi connectivity index (χ1n) is 8.09. The van der Waals surface area contributed by atoms with E-state index >= 15 is 0 Å². The van der Waals surface area contributed by atoms with Crippen molar-refractivity contribution < 1.29 is 9.53 Å². The molecule has 0 aliphatic rings. The van der Waals surface area contributed by atoms with Gasteiger partial charge in [0.2, 0.25) is 11.8 Å². The van der Waals surface area contributed by atoms with E-state index in [1.54, 1.807) is 24.4 Å². The molecule has 0 bridgehead atoms. The molecule has 0 spiro atoms. The number of rotatable bonds is 6. The van der Waals surface area contributed by atoms with Gasteiger partial charge < -0.3 is 10.1 Å². The lowest BCUT2D eigenvalue weighted by Crippen LogP contribution is -2.20. The van der Waals surface area contributed by atoms with Crippen molar-refractivity contribution in [1.29, 1.82) is 0 Å². The molecule has 3 rings (SSSR count). The third kappa shape index (κ3) is 5.19. The van der Waals surface area contributed by atoms with Crippen LogP contribution >= 0.6 is 11.6 Å². The highest BCUT2D eigenvalue weighted by Gasteiger charge is 2.02. The van der Waals surface area contributed by atoms with Gasteiger partial charge in [-0.25, -0.2) is 4.98 Å². The highest BCUT2D eigenvalue weighted by molar-refractivity contribution is 6.32. The van der Waals surface area contributed by atoms with E-state index in [9.17, 15) is 4.79 Å². The Kier molecular flexibility index (Phi) is 6.01. The first-order chi connectivity index (χ1) is 12.7. The van der Waals surface area contributed by atoms with Crippen molar-refractivity contribution in [3.63, 3.8) is 0 Å². The van der Waals surface area contributed by atoms with Gasteiger partial charge in [0, 0.05) is 29.9 Å². The maximum atomic E-state index is 12.0. The first-order valence-corrected chi connectivity index (χ1v) is 8.47. The zero-order chi connectivity index (χ0) is 18.2. The Labute approximate surface area is 157 Å². The van der Waals surface area contributed by atoms with Crippen molar-refractivity contribution in [3.05, 3.63) is 95.2 Å². The summed E-state index contributed by atoms with van der Waals surface area (Å²) in [5.74, 6) is 0.999. The monoisotopic (exact) mass is 364 g/mol. The van der Waals surface area contributed by atoms with Gasteiger partial charge in [0.15, 0.2) is 0 Å². The van der Waals surface area contributed by atoms with Crippen molar-refractivity contribution >= 4 is 23.6 Å². The van der Waals surface area contributed by atoms with E-state index in [0.29, 0.717) is 23.2 Å². The van der Waals surface area contributed by atoms with Crippen LogP contribution in [-0.2, 0) is 11.3 Å². The van der Waals surface area contributed by atoms with E-state index in [1.165, 1.54) is 6.08 Å². The summed E-state index contributed by atoms with van der Waals surface area (Å²) in [5.41, 5.74) is 1.73. The largest absolute Gasteiger partial charge is 0.439 e. The van der Waals surface area contributed by atoms with Crippen molar-refractivity contribution in [3.8, 4) is 11.6 Å². The van der Waals surface area contributed by atoms with Crippen LogP contribution in [-0.4, -0.2) is 10.9 Å². The molecule has 0 aliphatic carbocycles. The Bertz CT molecular complexity index is 911. The van der Waals surface area contributed by atoms with Crippen LogP contribution in [0.1, 0.15) is 11.1 Å². The topological polar surface area (TPSA) is 51.2 Å². The summed E-state index contributed by atoms with van der Waals surface area (Å²) in [7, 11) is 0. The molecule has 1 amide bonds. The number of pyridine rings is 1. The van der Waals surface area contributed by atoms with Gasteiger partial charge in [-0.1, -0.05) is 48.0 Å². The number of amides is 1. The highest BCUT2D eigenvalue weighted by atomic mass is 35.5. The van der Waals surface area contributed by atoms with Gasteiger partial charge in [0.25, 0.3) is 0 Å². The quantitative estimate of drug-likeness (QED) is 0.635. The third-order valence-corrected chi connectivity index (χ3v) is 3.89. The number of ether oxygens (including phenoxy) is 1. The summed E-state index contributed by atoms with van der Waals surface area (Å²) in [4.78, 5) is 16.1. The van der Waals surface area contributed by atoms with Crippen LogP contribution < -0.4 is 10.1 Å². The molecular formula is C21H17ClN2O2. The molecule has 3 aromatic rings. The Morgan fingerprint density at radius 3 is 2.73 bits per heavy atom. The molecule has 0 aliphatic heterocycles. The van der Waals surface area contributed by atoms with Gasteiger partial charge >= 0.3 is 0 Å². The minimum Gasteiger partial charge on any atom is -0.439 e. The van der Waals surface area contributed by atoms with Crippen LogP contribution in [0.25, 0.3) is 6.08 Å². The molecule has 0 atom stereocenters. The Morgan fingerprint density at radius 1 is 1.08 bits per heavy atom. The van der Waals surface area contributed by atoms with Gasteiger partial charge in [-0.2, -0.15) is 0 Å². The van der Waals surface area contributed by atoms with Crippen LogP contribution in [0.5, 0.6) is 11.6 Å². The molecule has 1 aromatic heterocycles. The summed E-state index contributed by atoms with van der Waals surface area (Å²) in [6, 6.07) is 20.3. The van der Waals surface area contributed by atoms with E-state index in [0.717, 1.165) is 11.1 Å². The molecule has 26 heavy (non-hydrogen) atoms. The normalized spacial score (nSPS) is 10.7. The second-order valence-corrected chi connectivity index (χ2v) is 5.90. The lowest BCUT2D eigenvalue weighted by molar-refractivity contribution is -0.116. The number of nitrogens with one attached hydrogen (secondary N) is 1. The van der Waals surface area contributed by atoms with Crippen molar-refractivity contribution in [2.75, 3.05) is 0 Å². The van der Waals surface area contributed by atoms with Crippen LogP contribution in [0.15, 0.2) is 79.0 Å². The summed E-state index contributed by atoms with van der Waals surface area (Å²) < 4.78 is 5.69. The molecule has 0 saturated heterocycles. The summed E-state index contributed by atoms with van der Waals surface area (Å²) in [6.07, 6.45) is 4.83. The zero-order valence-electron chi connectivity index (χ0n) is 13.9. The van der Waals surface area contributed by atoms with Crippen LogP contribution in [0.2, 0.25) is 5.02 Å². The van der Waals surface area contributed by atoms with E-state index in [4.69, 9.17) is 16.3 Å². The maximum absolute atomic E-state index is 12.0. The SMILES string of the molecule is O=C(C=Cc1ccccc1Cl)NCc1cccc(Oc2ccccn2)c1. The fourth-order valence-electron chi connectivity index (χ4n) is 2.27. The van der Waals surface area contributed by atoms with Crippen molar-refractivity contribution in [1.82, 2.24) is 10.3 Å². The lowest BCUT2D eigenvalue weighted by atomic mass is 10.2. The van der Waals surface area contributed by atoms with Crippen molar-refractivity contribution in [2.45, 2.75) is 6.54 Å². The van der Waals surface area contributed by atoms with Crippen LogP contribution in [0, 0.1) is 0 Å². The molecule has 0 radical (unpaired) electrons. The maximum Gasteiger partial charge on any atom is 0.244 e. The first kappa shape index (κ1) is 17.7. The molecule has 0 unspecified atom stereocenters. The molecular weight excluding hydrogens is 348 g/mol. The zero-order valence-corrected chi connectivity index (χ0v) is 14.7. The number of carbonyl (C=O) groups excluding carboxylic acids is 1. The molecule has 2 aromatic carbocycles. The van der Waals surface area contributed by atoms with Crippen LogP contribution in [0.4, 0.5) is 0 Å². The van der Waals surface area contributed by atoms with E-state index < -0.39 is 0 Å². The fourth-order valence-corrected chi connectivity index (χ4v) is 2.47. The van der Waals surface area contributed by atoms with Gasteiger partial charge in [0.05, 0.1) is 0 Å². The molecule has 1 N–H and O–H groups in total. The summed E-state index contributed by atoms with van der Waals surface area (Å²) >= 11 is 6.06. The molecule has 0 fully saturated rings. The average molecular weight is 365 g/mol. The fraction of sp³-hybridized carbons (Fsp3) is 0.0476. The highest BCUT2D eigenvalue weighted by Crippen LogP contribution is 2.20. The van der Waals surface area contributed by atoms with E-state index in [1.807, 2.05) is 54.6 Å². The second-order valence-electron chi connectivity index (χ2n) is 5.49. The van der Waals surface area contributed by atoms with Gasteiger partial charge in [-0.15, -0.1) is 0 Å². The third-order valence-electron chi connectivity index (χ3n) is 3.54. The minimum absolute atomic E-state index is 0.194. The lowest BCUT2D eigenvalue weighted by Gasteiger charge is -2.07. The predicted octanol–water partition coefficient (Wildman–Crippen LogP) is 4.86. The molecule has 0 saturated carbocycles. The standard InChI is InChI=1S/C21H17ClN2O2/c22-19-9-2-1-7-17(19)11-12-20(25)24-15-16-6-5-8-18(14-16)26-21-10-3-4-13-23-21/h1-14H,15H2,(H,24,25). The van der Waals surface area contributed by atoms with Crippen LogP contribution in [0.3, 0.4) is 0 Å². The number of aromatic nitrogens is 1. The van der Waals surface area contributed by atoms with E-state index in [-0.39, 0.29) is 5.91 Å². The minimum atomic E-state index is -0.194. The number of halogens is 1. The van der Waals surface area contributed by atoms with Gasteiger partial charge in [0.1, 0.15) is 5.75 Å². The Morgan fingerprint density at radius 2 is 1.92 bits per heavy atom. The molecule has 5 heteroatoms. The number of hydrogen-bond donors (Lipinski definition) is 1. The number of carbonyl (C=O) groups is 1. The Balaban J connectivity index is 1.57. The predicted molar refractivity (Wildman–Crippen MR) is 103 cm³/mol. The Hall–Kier alpha value is -3.11. The number of hydrogen-bond acceptors (Lipinski definition) is 3. The average Bonchev–Trinajstić information content (AvgIpc) is 2.67. The summed E-state index contributed by atoms with van der Waals surface area (Å²) in [5, 5.41) is 3.45. The molecule has 4 nitrogen and oxygen atoms in total. The van der Waals surface area contributed by atoms with Crippen molar-refractivity contribution in [2.24, 2.45) is 0 Å².